The second-order valence-corrected chi connectivity index (χ2v) is 9.20. The van der Waals surface area contributed by atoms with Crippen LogP contribution in [0.1, 0.15) is 21.7 Å². The van der Waals surface area contributed by atoms with E-state index in [-0.39, 0.29) is 42.7 Å². The van der Waals surface area contributed by atoms with Gasteiger partial charge in [0.2, 0.25) is 10.0 Å². The van der Waals surface area contributed by atoms with Gasteiger partial charge in [-0.1, -0.05) is 0 Å². The highest BCUT2D eigenvalue weighted by atomic mass is 32.2. The van der Waals surface area contributed by atoms with Crippen LogP contribution in [0.15, 0.2) is 41.4 Å². The van der Waals surface area contributed by atoms with Crippen molar-refractivity contribution in [2.75, 3.05) is 26.2 Å². The Hall–Kier alpha value is -3.38. The van der Waals surface area contributed by atoms with Crippen LogP contribution >= 0.6 is 0 Å². The first-order valence-electron chi connectivity index (χ1n) is 9.54. The normalized spacial score (nSPS) is 15.4. The van der Waals surface area contributed by atoms with E-state index in [1.54, 1.807) is 16.3 Å². The summed E-state index contributed by atoms with van der Waals surface area (Å²) in [6.07, 6.45) is 1.52. The summed E-state index contributed by atoms with van der Waals surface area (Å²) < 4.78 is 28.6. The summed E-state index contributed by atoms with van der Waals surface area (Å²) in [5, 5.41) is 15.1. The number of aromatic nitrogens is 3. The number of piperazine rings is 1. The Balaban J connectivity index is 1.48. The predicted molar refractivity (Wildman–Crippen MR) is 110 cm³/mol. The Morgan fingerprint density at radius 1 is 1.10 bits per heavy atom. The fourth-order valence-corrected chi connectivity index (χ4v) is 4.99. The molecule has 1 aliphatic rings. The molecule has 1 saturated heterocycles. The van der Waals surface area contributed by atoms with Crippen LogP contribution in [0.25, 0.3) is 5.65 Å². The minimum Gasteiger partial charge on any atom is -0.336 e. The lowest BCUT2D eigenvalue weighted by molar-refractivity contribution is -0.384. The van der Waals surface area contributed by atoms with Crippen molar-refractivity contribution in [3.63, 3.8) is 0 Å². The summed E-state index contributed by atoms with van der Waals surface area (Å²) >= 11 is 0. The van der Waals surface area contributed by atoms with E-state index < -0.39 is 14.9 Å². The highest BCUT2D eigenvalue weighted by Crippen LogP contribution is 2.22. The largest absolute Gasteiger partial charge is 0.336 e. The molecule has 0 radical (unpaired) electrons. The Morgan fingerprint density at radius 2 is 1.74 bits per heavy atom. The molecule has 0 unspecified atom stereocenters. The van der Waals surface area contributed by atoms with Gasteiger partial charge in [0.1, 0.15) is 0 Å². The molecule has 2 aromatic heterocycles. The lowest BCUT2D eigenvalue weighted by Crippen LogP contribution is -2.50. The van der Waals surface area contributed by atoms with Crippen molar-refractivity contribution in [2.24, 2.45) is 0 Å². The number of carbonyl (C=O) groups is 1. The van der Waals surface area contributed by atoms with Crippen LogP contribution in [0.3, 0.4) is 0 Å². The molecule has 3 aromatic rings. The molecule has 1 aromatic carbocycles. The standard InChI is InChI=1S/C19H20N6O5S/c1-13-11-18-20-12-17(14(2)24(18)21-13)19(26)22-7-9-23(10-8-22)31(29,30)16-5-3-15(4-6-16)25(27)28/h3-6,11-12H,7-10H2,1-2H3. The van der Waals surface area contributed by atoms with Crippen LogP contribution in [-0.2, 0) is 10.0 Å². The van der Waals surface area contributed by atoms with Crippen molar-refractivity contribution in [3.8, 4) is 0 Å². The van der Waals surface area contributed by atoms with Crippen molar-refractivity contribution in [2.45, 2.75) is 18.7 Å². The highest BCUT2D eigenvalue weighted by molar-refractivity contribution is 7.89. The number of benzene rings is 1. The van der Waals surface area contributed by atoms with E-state index in [9.17, 15) is 23.3 Å². The lowest BCUT2D eigenvalue weighted by atomic mass is 10.2. The number of amides is 1. The molecule has 12 heteroatoms. The molecular weight excluding hydrogens is 424 g/mol. The zero-order valence-corrected chi connectivity index (χ0v) is 17.7. The average molecular weight is 444 g/mol. The number of aryl methyl sites for hydroxylation is 2. The Kier molecular flexibility index (Phi) is 5.19. The molecule has 0 bridgehead atoms. The molecule has 31 heavy (non-hydrogen) atoms. The summed E-state index contributed by atoms with van der Waals surface area (Å²) in [4.78, 5) is 29.1. The number of hydrogen-bond acceptors (Lipinski definition) is 7. The third kappa shape index (κ3) is 3.75. The number of carbonyl (C=O) groups excluding carboxylic acids is 1. The molecule has 0 saturated carbocycles. The van der Waals surface area contributed by atoms with E-state index in [4.69, 9.17) is 0 Å². The van der Waals surface area contributed by atoms with Gasteiger partial charge in [-0.05, 0) is 26.0 Å². The summed E-state index contributed by atoms with van der Waals surface area (Å²) in [7, 11) is -3.81. The van der Waals surface area contributed by atoms with E-state index in [1.165, 1.54) is 22.6 Å². The van der Waals surface area contributed by atoms with Crippen LogP contribution in [0.5, 0.6) is 0 Å². The molecule has 0 atom stereocenters. The molecule has 162 valence electrons. The molecule has 0 spiro atoms. The molecule has 1 fully saturated rings. The van der Waals surface area contributed by atoms with Crippen LogP contribution < -0.4 is 0 Å². The number of hydrogen-bond donors (Lipinski definition) is 0. The van der Waals surface area contributed by atoms with Crippen molar-refractivity contribution in [1.29, 1.82) is 0 Å². The second-order valence-electron chi connectivity index (χ2n) is 7.26. The SMILES string of the molecule is Cc1cc2ncc(C(=O)N3CCN(S(=O)(=O)c4ccc([N+](=O)[O-])cc4)CC3)c(C)n2n1. The van der Waals surface area contributed by atoms with Gasteiger partial charge in [0.05, 0.1) is 26.8 Å². The number of nitrogens with zero attached hydrogens (tertiary/aromatic N) is 6. The van der Waals surface area contributed by atoms with Crippen LogP contribution in [0, 0.1) is 24.0 Å². The zero-order chi connectivity index (χ0) is 22.3. The van der Waals surface area contributed by atoms with E-state index in [1.807, 2.05) is 13.0 Å². The molecule has 0 N–H and O–H groups in total. The fourth-order valence-electron chi connectivity index (χ4n) is 3.56. The highest BCUT2D eigenvalue weighted by Gasteiger charge is 2.31. The number of nitro benzene ring substituents is 1. The molecule has 11 nitrogen and oxygen atoms in total. The van der Waals surface area contributed by atoms with Gasteiger partial charge in [0.25, 0.3) is 11.6 Å². The van der Waals surface area contributed by atoms with Gasteiger partial charge in [-0.2, -0.15) is 9.40 Å². The van der Waals surface area contributed by atoms with Gasteiger partial charge in [-0.15, -0.1) is 0 Å². The summed E-state index contributed by atoms with van der Waals surface area (Å²) in [5.41, 5.74) is 2.37. The monoisotopic (exact) mass is 444 g/mol. The summed E-state index contributed by atoms with van der Waals surface area (Å²) in [5.74, 6) is -0.229. The minimum atomic E-state index is -3.81. The molecule has 1 amide bonds. The number of non-ortho nitro benzene ring substituents is 1. The maximum absolute atomic E-state index is 13.0. The molecule has 4 rings (SSSR count). The number of fused-ring (bicyclic) bond motifs is 1. The Labute approximate surface area is 178 Å². The van der Waals surface area contributed by atoms with Crippen LogP contribution in [0.2, 0.25) is 0 Å². The van der Waals surface area contributed by atoms with E-state index in [0.717, 1.165) is 17.8 Å². The van der Waals surface area contributed by atoms with Gasteiger partial charge in [-0.25, -0.2) is 17.9 Å². The van der Waals surface area contributed by atoms with Gasteiger partial charge < -0.3 is 4.90 Å². The third-order valence-electron chi connectivity index (χ3n) is 5.29. The van der Waals surface area contributed by atoms with Crippen molar-refractivity contribution in [1.82, 2.24) is 23.8 Å². The topological polar surface area (TPSA) is 131 Å². The Morgan fingerprint density at radius 3 is 2.35 bits per heavy atom. The van der Waals surface area contributed by atoms with Crippen molar-refractivity contribution >= 4 is 27.3 Å². The minimum absolute atomic E-state index is 0.0163. The van der Waals surface area contributed by atoms with Crippen molar-refractivity contribution in [3.05, 3.63) is 63.6 Å². The smallest absolute Gasteiger partial charge is 0.269 e. The molecule has 0 aliphatic carbocycles. The second kappa shape index (κ2) is 7.71. The first-order valence-corrected chi connectivity index (χ1v) is 11.0. The average Bonchev–Trinajstić information content (AvgIpc) is 3.15. The molecule has 1 aliphatic heterocycles. The predicted octanol–water partition coefficient (Wildman–Crippen LogP) is 1.40. The quantitative estimate of drug-likeness (QED) is 0.439. The summed E-state index contributed by atoms with van der Waals surface area (Å²) in [6.45, 7) is 4.34. The lowest BCUT2D eigenvalue weighted by Gasteiger charge is -2.34. The number of sulfonamides is 1. The van der Waals surface area contributed by atoms with Gasteiger partial charge in [0, 0.05) is 50.6 Å². The maximum Gasteiger partial charge on any atom is 0.269 e. The first kappa shape index (κ1) is 20.9. The van der Waals surface area contributed by atoms with Crippen LogP contribution in [-0.4, -0.2) is 69.2 Å². The maximum atomic E-state index is 13.0. The molecular formula is C19H20N6O5S. The van der Waals surface area contributed by atoms with Crippen molar-refractivity contribution < 1.29 is 18.1 Å². The van der Waals surface area contributed by atoms with Gasteiger partial charge >= 0.3 is 0 Å². The van der Waals surface area contributed by atoms with E-state index in [2.05, 4.69) is 10.1 Å². The zero-order valence-electron chi connectivity index (χ0n) is 16.9. The Bertz CT molecular complexity index is 1280. The first-order chi connectivity index (χ1) is 14.7. The van der Waals surface area contributed by atoms with Crippen LogP contribution in [0.4, 0.5) is 5.69 Å². The number of nitro groups is 1. The van der Waals surface area contributed by atoms with Gasteiger partial charge in [0.15, 0.2) is 5.65 Å². The van der Waals surface area contributed by atoms with E-state index in [0.29, 0.717) is 16.9 Å². The van der Waals surface area contributed by atoms with E-state index >= 15 is 0 Å². The summed E-state index contributed by atoms with van der Waals surface area (Å²) in [6, 6.07) is 6.59. The molecule has 3 heterocycles. The number of rotatable bonds is 4. The fraction of sp³-hybridized carbons (Fsp3) is 0.316. The van der Waals surface area contributed by atoms with Gasteiger partial charge in [-0.3, -0.25) is 14.9 Å². The third-order valence-corrected chi connectivity index (χ3v) is 7.20.